The molecule has 1 fully saturated rings. The number of aliphatic imine (C=N–C) groups is 1. The third-order valence-corrected chi connectivity index (χ3v) is 2.21. The molecule has 0 aromatic heterocycles. The third-order valence-electron chi connectivity index (χ3n) is 2.21. The van der Waals surface area contributed by atoms with Gasteiger partial charge in [-0.3, -0.25) is 20.4 Å². The second kappa shape index (κ2) is 6.26. The summed E-state index contributed by atoms with van der Waals surface area (Å²) >= 11 is 0. The maximum absolute atomic E-state index is 10.7. The predicted molar refractivity (Wildman–Crippen MR) is 56.7 cm³/mol. The van der Waals surface area contributed by atoms with Crippen molar-refractivity contribution >= 4 is 18.2 Å². The van der Waals surface area contributed by atoms with E-state index in [1.165, 1.54) is 0 Å². The van der Waals surface area contributed by atoms with Crippen molar-refractivity contribution in [3.8, 4) is 0 Å². The van der Waals surface area contributed by atoms with Gasteiger partial charge < -0.3 is 25.8 Å². The van der Waals surface area contributed by atoms with Crippen LogP contribution in [-0.4, -0.2) is 64.6 Å². The van der Waals surface area contributed by atoms with E-state index in [0.717, 1.165) is 6.34 Å². The first kappa shape index (κ1) is 14.3. The minimum atomic E-state index is -1.30. The Labute approximate surface area is 101 Å². The summed E-state index contributed by atoms with van der Waals surface area (Å²) in [4.78, 5) is 24.7. The van der Waals surface area contributed by atoms with Crippen LogP contribution in [0.4, 0.5) is 0 Å². The van der Waals surface area contributed by atoms with E-state index in [-0.39, 0.29) is 0 Å². The number of hydrogen-bond donors (Lipinski definition) is 6. The van der Waals surface area contributed by atoms with E-state index < -0.39 is 43.0 Å². The van der Waals surface area contributed by atoms with Crippen LogP contribution in [0, 0.1) is 0 Å². The van der Waals surface area contributed by atoms with Gasteiger partial charge in [-0.15, -0.1) is 0 Å². The second-order valence-corrected chi connectivity index (χ2v) is 3.47. The number of nitrogens with one attached hydrogen (secondary N) is 2. The van der Waals surface area contributed by atoms with E-state index >= 15 is 0 Å². The van der Waals surface area contributed by atoms with Gasteiger partial charge in [-0.1, -0.05) is 0 Å². The molecule has 10 nitrogen and oxygen atoms in total. The van der Waals surface area contributed by atoms with Crippen LogP contribution in [0.5, 0.6) is 0 Å². The number of aliphatic hydroxyl groups excluding tert-OH is 3. The maximum Gasteiger partial charge on any atom is 0.327 e. The normalized spacial score (nSPS) is 31.5. The molecule has 0 aliphatic carbocycles. The Bertz CT molecular complexity index is 348. The molecule has 0 aromatic carbocycles. The van der Waals surface area contributed by atoms with Crippen LogP contribution < -0.4 is 16.6 Å². The van der Waals surface area contributed by atoms with Gasteiger partial charge in [-0.05, 0) is 0 Å². The smallest absolute Gasteiger partial charge is 0.327 e. The Balaban J connectivity index is 2.39. The third kappa shape index (κ3) is 3.37. The van der Waals surface area contributed by atoms with Gasteiger partial charge in [0.2, 0.25) is 0 Å². The predicted octanol–water partition coefficient (Wildman–Crippen LogP) is -4.44. The lowest BCUT2D eigenvalue weighted by molar-refractivity contribution is -0.137. The van der Waals surface area contributed by atoms with Crippen molar-refractivity contribution in [3.63, 3.8) is 0 Å². The molecule has 102 valence electrons. The fourth-order valence-electron chi connectivity index (χ4n) is 1.27. The Hall–Kier alpha value is -1.75. The van der Waals surface area contributed by atoms with Gasteiger partial charge in [0.05, 0.1) is 6.61 Å². The molecule has 0 aromatic rings. The Kier molecular flexibility index (Phi) is 4.97. The molecule has 2 amide bonds. The Morgan fingerprint density at radius 3 is 2.56 bits per heavy atom. The van der Waals surface area contributed by atoms with Gasteiger partial charge in [0, 0.05) is 0 Å². The largest absolute Gasteiger partial charge is 0.394 e. The number of amides is 2. The summed E-state index contributed by atoms with van der Waals surface area (Å²) in [5.41, 5.74) is 8.69. The number of rotatable bonds is 4. The molecule has 1 rings (SSSR count). The van der Waals surface area contributed by atoms with E-state index in [9.17, 15) is 19.8 Å². The number of carbonyl (C=O) groups is 2. The second-order valence-electron chi connectivity index (χ2n) is 3.47. The highest BCUT2D eigenvalue weighted by atomic mass is 16.6. The van der Waals surface area contributed by atoms with Crippen LogP contribution in [0.25, 0.3) is 0 Å². The molecular weight excluding hydrogens is 248 g/mol. The summed E-state index contributed by atoms with van der Waals surface area (Å²) in [5, 5.41) is 27.7. The molecule has 0 unspecified atom stereocenters. The summed E-state index contributed by atoms with van der Waals surface area (Å²) in [7, 11) is 0. The van der Waals surface area contributed by atoms with Crippen molar-refractivity contribution in [2.24, 2.45) is 10.7 Å². The summed E-state index contributed by atoms with van der Waals surface area (Å²) in [6.45, 7) is -0.462. The number of hydrazine groups is 1. The van der Waals surface area contributed by atoms with E-state index in [1.807, 2.05) is 5.43 Å². The van der Waals surface area contributed by atoms with Gasteiger partial charge in [-0.25, -0.2) is 4.99 Å². The molecule has 0 bridgehead atoms. The van der Waals surface area contributed by atoms with Gasteiger partial charge in [0.25, 0.3) is 0 Å². The van der Waals surface area contributed by atoms with Crippen molar-refractivity contribution in [2.45, 2.75) is 24.5 Å². The van der Waals surface area contributed by atoms with Crippen LogP contribution in [0.2, 0.25) is 0 Å². The highest BCUT2D eigenvalue weighted by molar-refractivity contribution is 6.34. The molecule has 4 atom stereocenters. The lowest BCUT2D eigenvalue weighted by Gasteiger charge is -2.10. The van der Waals surface area contributed by atoms with Crippen LogP contribution >= 0.6 is 0 Å². The molecule has 18 heavy (non-hydrogen) atoms. The monoisotopic (exact) mass is 262 g/mol. The molecule has 0 spiro atoms. The minimum absolute atomic E-state index is 0.462. The summed E-state index contributed by atoms with van der Waals surface area (Å²) in [6, 6.07) is 0. The first-order valence-corrected chi connectivity index (χ1v) is 4.96. The van der Waals surface area contributed by atoms with E-state index in [1.54, 1.807) is 0 Å². The molecule has 1 aliphatic heterocycles. The zero-order valence-corrected chi connectivity index (χ0v) is 9.18. The molecule has 0 saturated carbocycles. The van der Waals surface area contributed by atoms with Gasteiger partial charge in [0.1, 0.15) is 24.7 Å². The number of aliphatic hydroxyl groups is 3. The van der Waals surface area contributed by atoms with Crippen molar-refractivity contribution in [1.82, 2.24) is 10.9 Å². The molecule has 10 heteroatoms. The highest BCUT2D eigenvalue weighted by Gasteiger charge is 2.41. The highest BCUT2D eigenvalue weighted by Crippen LogP contribution is 2.21. The first-order valence-electron chi connectivity index (χ1n) is 4.96. The van der Waals surface area contributed by atoms with E-state index in [0.29, 0.717) is 0 Å². The van der Waals surface area contributed by atoms with Crippen LogP contribution in [0.3, 0.4) is 0 Å². The quantitative estimate of drug-likeness (QED) is 0.129. The maximum atomic E-state index is 10.7. The van der Waals surface area contributed by atoms with Crippen LogP contribution in [0.1, 0.15) is 0 Å². The number of ether oxygens (including phenoxy) is 1. The summed E-state index contributed by atoms with van der Waals surface area (Å²) < 4.78 is 5.00. The number of nitrogens with zero attached hydrogens (tertiary/aromatic N) is 1. The van der Waals surface area contributed by atoms with Crippen LogP contribution in [0.15, 0.2) is 4.99 Å². The topological polar surface area (TPSA) is 166 Å². The van der Waals surface area contributed by atoms with Crippen molar-refractivity contribution < 1.29 is 29.6 Å². The number of nitrogens with two attached hydrogens (primary N) is 1. The number of primary amides is 1. The fraction of sp³-hybridized carbons (Fsp3) is 0.625. The van der Waals surface area contributed by atoms with Gasteiger partial charge >= 0.3 is 11.8 Å². The molecule has 1 heterocycles. The molecule has 1 aliphatic rings. The number of hydrogen-bond acceptors (Lipinski definition) is 7. The SMILES string of the molecule is NC(=O)C(=O)NNC=N[C@H]1O[C@@H](CO)[C@H](O)[C@@H]1O. The average molecular weight is 262 g/mol. The fourth-order valence-corrected chi connectivity index (χ4v) is 1.27. The molecule has 0 radical (unpaired) electrons. The lowest BCUT2D eigenvalue weighted by Crippen LogP contribution is -2.44. The lowest BCUT2D eigenvalue weighted by atomic mass is 10.1. The standard InChI is InChI=1S/C8H14N4O6/c9-6(16)7(17)12-11-2-10-8-5(15)4(14)3(1-13)18-8/h2-5,8,13-15H,1H2,(H2,9,16)(H,10,11)(H,12,17)/t3-,4-,5-,8-/m0/s1. The van der Waals surface area contributed by atoms with Crippen LogP contribution in [-0.2, 0) is 14.3 Å². The van der Waals surface area contributed by atoms with Gasteiger partial charge in [-0.2, -0.15) is 0 Å². The molecule has 7 N–H and O–H groups in total. The Morgan fingerprint density at radius 1 is 1.39 bits per heavy atom. The van der Waals surface area contributed by atoms with E-state index in [2.05, 4.69) is 16.2 Å². The van der Waals surface area contributed by atoms with Gasteiger partial charge in [0.15, 0.2) is 6.23 Å². The average Bonchev–Trinajstić information content (AvgIpc) is 2.61. The molecular formula is C8H14N4O6. The Morgan fingerprint density at radius 2 is 2.06 bits per heavy atom. The zero-order chi connectivity index (χ0) is 13.7. The van der Waals surface area contributed by atoms with Crippen molar-refractivity contribution in [2.75, 3.05) is 6.61 Å². The van der Waals surface area contributed by atoms with Crippen molar-refractivity contribution in [3.05, 3.63) is 0 Å². The molecule has 1 saturated heterocycles. The first-order chi connectivity index (χ1) is 8.47. The zero-order valence-electron chi connectivity index (χ0n) is 9.18. The minimum Gasteiger partial charge on any atom is -0.394 e. The van der Waals surface area contributed by atoms with E-state index in [4.69, 9.17) is 9.84 Å². The summed E-state index contributed by atoms with van der Waals surface area (Å²) in [6.07, 6.45) is -3.62. The summed E-state index contributed by atoms with van der Waals surface area (Å²) in [5.74, 6) is -2.24. The number of carbonyl (C=O) groups excluding carboxylic acids is 2. The van der Waals surface area contributed by atoms with Crippen molar-refractivity contribution in [1.29, 1.82) is 0 Å².